The highest BCUT2D eigenvalue weighted by Crippen LogP contribution is 2.32. The van der Waals surface area contributed by atoms with E-state index in [4.69, 9.17) is 4.74 Å². The van der Waals surface area contributed by atoms with Gasteiger partial charge in [-0.05, 0) is 68.1 Å². The summed E-state index contributed by atoms with van der Waals surface area (Å²) in [6, 6.07) is 11.4. The Bertz CT molecular complexity index is 1540. The van der Waals surface area contributed by atoms with Crippen LogP contribution in [0.1, 0.15) is 34.1 Å². The maximum absolute atomic E-state index is 13.3. The van der Waals surface area contributed by atoms with Crippen LogP contribution >= 0.6 is 0 Å². The highest BCUT2D eigenvalue weighted by molar-refractivity contribution is 6.08. The third-order valence-corrected chi connectivity index (χ3v) is 6.01. The lowest BCUT2D eigenvalue weighted by atomic mass is 9.99. The van der Waals surface area contributed by atoms with Crippen molar-refractivity contribution in [2.24, 2.45) is 0 Å². The average Bonchev–Trinajstić information content (AvgIpc) is 2.93. The molecule has 0 aliphatic carbocycles. The number of ketones is 1. The molecule has 3 heterocycles. The lowest BCUT2D eigenvalue weighted by Crippen LogP contribution is -2.36. The van der Waals surface area contributed by atoms with Crippen molar-refractivity contribution in [2.75, 3.05) is 19.5 Å². The lowest BCUT2D eigenvalue weighted by molar-refractivity contribution is -0.117. The third kappa shape index (κ3) is 5.81. The van der Waals surface area contributed by atoms with Gasteiger partial charge in [0.25, 0.3) is 5.56 Å². The zero-order valence-electron chi connectivity index (χ0n) is 21.0. The van der Waals surface area contributed by atoms with Gasteiger partial charge in [-0.15, -0.1) is 0 Å². The second-order valence-electron chi connectivity index (χ2n) is 8.54. The van der Waals surface area contributed by atoms with Gasteiger partial charge in [0.1, 0.15) is 17.3 Å². The van der Waals surface area contributed by atoms with Gasteiger partial charge in [-0.1, -0.05) is 0 Å². The minimum absolute atomic E-state index is 0.112. The molecule has 1 aromatic carbocycles. The molecule has 0 saturated carbocycles. The molecule has 4 aromatic rings. The smallest absolute Gasteiger partial charge is 0.272 e. The van der Waals surface area contributed by atoms with Gasteiger partial charge in [0.05, 0.1) is 30.1 Å². The fraction of sp³-hybridized carbons (Fsp3) is 0.179. The molecule has 10 heteroatoms. The molecular formula is C28H26FN5O4. The first kappa shape index (κ1) is 26.4. The number of amides is 1. The van der Waals surface area contributed by atoms with Crippen LogP contribution in [-0.2, 0) is 11.2 Å². The first-order chi connectivity index (χ1) is 18.3. The van der Waals surface area contributed by atoms with Crippen molar-refractivity contribution < 1.29 is 18.7 Å². The molecule has 4 rings (SSSR count). The molecule has 0 bridgehead atoms. The van der Waals surface area contributed by atoms with E-state index >= 15 is 0 Å². The van der Waals surface area contributed by atoms with Crippen LogP contribution in [-0.4, -0.2) is 46.8 Å². The zero-order chi connectivity index (χ0) is 27.2. The fourth-order valence-electron chi connectivity index (χ4n) is 3.84. The van der Waals surface area contributed by atoms with Gasteiger partial charge >= 0.3 is 0 Å². The number of H-pyrrole nitrogens is 1. The molecule has 0 fully saturated rings. The number of halogens is 1. The number of aromatic amines is 1. The van der Waals surface area contributed by atoms with Gasteiger partial charge in [0, 0.05) is 36.1 Å². The summed E-state index contributed by atoms with van der Waals surface area (Å²) in [6.07, 6.45) is 4.94. The SMILES string of the molecule is CN[C@@H](C)C(=O)Nc1ccc(-c2c(OC)ccnc2Cc2cncc(C(=O)c3ccc(F)cc3)c2)[nH]c1=O. The van der Waals surface area contributed by atoms with E-state index in [2.05, 4.69) is 25.6 Å². The number of ether oxygens (including phenoxy) is 1. The molecule has 38 heavy (non-hydrogen) atoms. The number of methoxy groups -OCH3 is 1. The van der Waals surface area contributed by atoms with Gasteiger partial charge in [-0.2, -0.15) is 0 Å². The number of nitrogens with zero attached hydrogens (tertiary/aromatic N) is 2. The predicted octanol–water partition coefficient (Wildman–Crippen LogP) is 3.35. The Morgan fingerprint density at radius 3 is 2.53 bits per heavy atom. The molecule has 0 saturated heterocycles. The number of carbonyl (C=O) groups excluding carboxylic acids is 2. The maximum Gasteiger partial charge on any atom is 0.272 e. The van der Waals surface area contributed by atoms with Crippen LogP contribution in [0.25, 0.3) is 11.3 Å². The van der Waals surface area contributed by atoms with E-state index in [-0.39, 0.29) is 23.8 Å². The molecule has 0 aliphatic heterocycles. The number of pyridine rings is 3. The first-order valence-electron chi connectivity index (χ1n) is 11.8. The average molecular weight is 516 g/mol. The van der Waals surface area contributed by atoms with Crippen LogP contribution < -0.4 is 20.9 Å². The highest BCUT2D eigenvalue weighted by Gasteiger charge is 2.18. The van der Waals surface area contributed by atoms with Crippen molar-refractivity contribution in [3.63, 3.8) is 0 Å². The van der Waals surface area contributed by atoms with E-state index in [1.54, 1.807) is 44.6 Å². The van der Waals surface area contributed by atoms with Crippen LogP contribution in [0.15, 0.2) is 71.9 Å². The molecular weight excluding hydrogens is 489 g/mol. The Balaban J connectivity index is 1.66. The number of rotatable bonds is 9. The van der Waals surface area contributed by atoms with Crippen LogP contribution in [0.4, 0.5) is 10.1 Å². The molecule has 0 spiro atoms. The number of likely N-dealkylation sites (N-methyl/N-ethyl adjacent to an activating group) is 1. The van der Waals surface area contributed by atoms with Crippen LogP contribution in [0.2, 0.25) is 0 Å². The summed E-state index contributed by atoms with van der Waals surface area (Å²) in [6.45, 7) is 1.68. The van der Waals surface area contributed by atoms with E-state index in [1.807, 2.05) is 0 Å². The molecule has 3 N–H and O–H groups in total. The summed E-state index contributed by atoms with van der Waals surface area (Å²) in [5.74, 6) is -0.565. The van der Waals surface area contributed by atoms with Crippen LogP contribution in [0.3, 0.4) is 0 Å². The molecule has 3 aromatic heterocycles. The van der Waals surface area contributed by atoms with Gasteiger partial charge in [0.2, 0.25) is 5.91 Å². The number of anilines is 1. The maximum atomic E-state index is 13.3. The highest BCUT2D eigenvalue weighted by atomic mass is 19.1. The minimum atomic E-state index is -0.482. The number of hydrogen-bond acceptors (Lipinski definition) is 7. The Hall–Kier alpha value is -4.70. The van der Waals surface area contributed by atoms with E-state index in [1.165, 1.54) is 43.6 Å². The minimum Gasteiger partial charge on any atom is -0.496 e. The largest absolute Gasteiger partial charge is 0.496 e. The summed E-state index contributed by atoms with van der Waals surface area (Å²) in [5, 5.41) is 5.42. The number of benzene rings is 1. The number of carbonyl (C=O) groups is 2. The Morgan fingerprint density at radius 1 is 1.08 bits per heavy atom. The van der Waals surface area contributed by atoms with E-state index in [0.717, 1.165) is 0 Å². The molecule has 9 nitrogen and oxygen atoms in total. The van der Waals surface area contributed by atoms with Crippen molar-refractivity contribution in [1.29, 1.82) is 0 Å². The number of nitrogens with one attached hydrogen (secondary N) is 3. The summed E-state index contributed by atoms with van der Waals surface area (Å²) >= 11 is 0. The van der Waals surface area contributed by atoms with Crippen molar-refractivity contribution >= 4 is 17.4 Å². The lowest BCUT2D eigenvalue weighted by Gasteiger charge is -2.15. The summed E-state index contributed by atoms with van der Waals surface area (Å²) in [7, 11) is 3.16. The van der Waals surface area contributed by atoms with Crippen molar-refractivity contribution in [1.82, 2.24) is 20.3 Å². The standard InChI is InChI=1S/C28H26FN5O4/c1-16(30-2)27(36)34-22-9-8-21(33-28(22)37)25-23(32-11-10-24(25)38-3)13-17-12-19(15-31-14-17)26(35)18-4-6-20(29)7-5-18/h4-12,14-16,30H,13H2,1-3H3,(H,33,37)(H,34,36)/t16-/m0/s1. The van der Waals surface area contributed by atoms with Crippen molar-refractivity contribution in [3.05, 3.63) is 106 Å². The molecule has 194 valence electrons. The molecule has 0 unspecified atom stereocenters. The summed E-state index contributed by atoms with van der Waals surface area (Å²) in [5.41, 5.74) is 2.61. The first-order valence-corrected chi connectivity index (χ1v) is 11.8. The van der Waals surface area contributed by atoms with E-state index in [0.29, 0.717) is 39.4 Å². The molecule has 1 amide bonds. The molecule has 0 aliphatic rings. The van der Waals surface area contributed by atoms with E-state index < -0.39 is 17.4 Å². The number of hydrogen-bond donors (Lipinski definition) is 3. The van der Waals surface area contributed by atoms with Crippen LogP contribution in [0.5, 0.6) is 5.75 Å². The Labute approximate surface area is 218 Å². The molecule has 0 radical (unpaired) electrons. The predicted molar refractivity (Wildman–Crippen MR) is 141 cm³/mol. The van der Waals surface area contributed by atoms with Crippen LogP contribution in [0, 0.1) is 5.82 Å². The Morgan fingerprint density at radius 2 is 1.84 bits per heavy atom. The van der Waals surface area contributed by atoms with Gasteiger partial charge in [0.15, 0.2) is 5.78 Å². The van der Waals surface area contributed by atoms with Crippen molar-refractivity contribution in [2.45, 2.75) is 19.4 Å². The van der Waals surface area contributed by atoms with Gasteiger partial charge in [-0.25, -0.2) is 4.39 Å². The summed E-state index contributed by atoms with van der Waals surface area (Å²) < 4.78 is 18.8. The van der Waals surface area contributed by atoms with Crippen molar-refractivity contribution in [3.8, 4) is 17.0 Å². The molecule has 1 atom stereocenters. The second-order valence-corrected chi connectivity index (χ2v) is 8.54. The normalized spacial score (nSPS) is 11.6. The van der Waals surface area contributed by atoms with Gasteiger partial charge < -0.3 is 20.4 Å². The summed E-state index contributed by atoms with van der Waals surface area (Å²) in [4.78, 5) is 49.4. The second kappa shape index (κ2) is 11.6. The fourth-order valence-corrected chi connectivity index (χ4v) is 3.84. The van der Waals surface area contributed by atoms with E-state index in [9.17, 15) is 18.8 Å². The zero-order valence-corrected chi connectivity index (χ0v) is 21.0. The Kier molecular flexibility index (Phi) is 8.03. The third-order valence-electron chi connectivity index (χ3n) is 6.01. The topological polar surface area (TPSA) is 126 Å². The quantitative estimate of drug-likeness (QED) is 0.292. The number of aromatic nitrogens is 3. The van der Waals surface area contributed by atoms with Gasteiger partial charge in [-0.3, -0.25) is 24.4 Å². The monoisotopic (exact) mass is 515 g/mol.